The maximum absolute atomic E-state index is 4.69. The minimum absolute atomic E-state index is 0.406. The van der Waals surface area contributed by atoms with Gasteiger partial charge < -0.3 is 20.1 Å². The Balaban J connectivity index is 1.75. The topological polar surface area (TPSA) is 105 Å². The summed E-state index contributed by atoms with van der Waals surface area (Å²) in [4.78, 5) is 19.3. The standard InChI is InChI=1S/C12H18N8O/c1-13-10-16-11(14-7-9-15-8-21-19-9)18-12(17-10)20-5-3-2-4-6-20/h8H,2-7H2,1H3,(H2,13,14,16,17,18). The molecule has 112 valence electrons. The third-order valence-corrected chi connectivity index (χ3v) is 3.30. The number of nitrogens with one attached hydrogen (secondary N) is 2. The molecule has 0 aromatic carbocycles. The highest BCUT2D eigenvalue weighted by Crippen LogP contribution is 2.18. The Bertz CT molecular complexity index is 567. The molecule has 0 spiro atoms. The van der Waals surface area contributed by atoms with Gasteiger partial charge in [-0.15, -0.1) is 0 Å². The van der Waals surface area contributed by atoms with Crippen molar-refractivity contribution in [3.8, 4) is 0 Å². The first-order valence-electron chi connectivity index (χ1n) is 7.03. The summed E-state index contributed by atoms with van der Waals surface area (Å²) in [6.07, 6.45) is 4.91. The van der Waals surface area contributed by atoms with Crippen molar-refractivity contribution in [1.82, 2.24) is 25.1 Å². The summed E-state index contributed by atoms with van der Waals surface area (Å²) in [6.45, 7) is 2.37. The number of aromatic nitrogens is 5. The van der Waals surface area contributed by atoms with E-state index >= 15 is 0 Å². The highest BCUT2D eigenvalue weighted by atomic mass is 16.5. The molecule has 0 saturated carbocycles. The fourth-order valence-electron chi connectivity index (χ4n) is 2.22. The van der Waals surface area contributed by atoms with Crippen molar-refractivity contribution in [2.24, 2.45) is 0 Å². The van der Waals surface area contributed by atoms with Crippen molar-refractivity contribution in [2.45, 2.75) is 25.8 Å². The maximum atomic E-state index is 4.69. The van der Waals surface area contributed by atoms with Crippen LogP contribution in [0.3, 0.4) is 0 Å². The van der Waals surface area contributed by atoms with Crippen molar-refractivity contribution in [3.63, 3.8) is 0 Å². The predicted molar refractivity (Wildman–Crippen MR) is 77.1 cm³/mol. The Morgan fingerprint density at radius 2 is 1.95 bits per heavy atom. The van der Waals surface area contributed by atoms with Crippen LogP contribution in [0, 0.1) is 0 Å². The van der Waals surface area contributed by atoms with E-state index in [0.29, 0.717) is 30.2 Å². The van der Waals surface area contributed by atoms with Crippen LogP contribution >= 0.6 is 0 Å². The van der Waals surface area contributed by atoms with Crippen molar-refractivity contribution in [1.29, 1.82) is 0 Å². The van der Waals surface area contributed by atoms with Gasteiger partial charge in [-0.25, -0.2) is 0 Å². The van der Waals surface area contributed by atoms with Crippen LogP contribution in [-0.2, 0) is 6.54 Å². The Labute approximate surface area is 122 Å². The quantitative estimate of drug-likeness (QED) is 0.830. The molecule has 1 fully saturated rings. The molecule has 2 aromatic rings. The third kappa shape index (κ3) is 3.36. The summed E-state index contributed by atoms with van der Waals surface area (Å²) >= 11 is 0. The second-order valence-electron chi connectivity index (χ2n) is 4.78. The van der Waals surface area contributed by atoms with E-state index in [9.17, 15) is 0 Å². The normalized spacial score (nSPS) is 15.0. The van der Waals surface area contributed by atoms with E-state index in [-0.39, 0.29) is 0 Å². The largest absolute Gasteiger partial charge is 0.357 e. The first-order valence-corrected chi connectivity index (χ1v) is 7.03. The minimum Gasteiger partial charge on any atom is -0.357 e. The number of anilines is 3. The second kappa shape index (κ2) is 6.33. The van der Waals surface area contributed by atoms with E-state index in [0.717, 1.165) is 13.1 Å². The molecule has 3 heterocycles. The van der Waals surface area contributed by atoms with Gasteiger partial charge in [0.25, 0.3) is 0 Å². The lowest BCUT2D eigenvalue weighted by atomic mass is 10.1. The zero-order valence-electron chi connectivity index (χ0n) is 11.9. The van der Waals surface area contributed by atoms with Gasteiger partial charge in [0, 0.05) is 20.1 Å². The summed E-state index contributed by atoms with van der Waals surface area (Å²) in [5.74, 6) is 2.30. The Morgan fingerprint density at radius 1 is 1.14 bits per heavy atom. The van der Waals surface area contributed by atoms with Crippen LogP contribution in [0.1, 0.15) is 25.1 Å². The van der Waals surface area contributed by atoms with Gasteiger partial charge >= 0.3 is 0 Å². The van der Waals surface area contributed by atoms with E-state index in [1.807, 2.05) is 0 Å². The SMILES string of the molecule is CNc1nc(NCc2ncon2)nc(N2CCCCC2)n1. The highest BCUT2D eigenvalue weighted by molar-refractivity contribution is 5.43. The zero-order chi connectivity index (χ0) is 14.5. The van der Waals surface area contributed by atoms with Gasteiger partial charge in [-0.2, -0.15) is 19.9 Å². The van der Waals surface area contributed by atoms with Gasteiger partial charge in [0.1, 0.15) is 0 Å². The van der Waals surface area contributed by atoms with Crippen molar-refractivity contribution in [2.75, 3.05) is 35.7 Å². The summed E-state index contributed by atoms with van der Waals surface area (Å²) in [5, 5.41) is 9.79. The van der Waals surface area contributed by atoms with Crippen molar-refractivity contribution >= 4 is 17.8 Å². The predicted octanol–water partition coefficient (Wildman–Crippen LogP) is 0.899. The molecule has 2 aromatic heterocycles. The Kier molecular flexibility index (Phi) is 4.08. The van der Waals surface area contributed by atoms with E-state index in [2.05, 4.69) is 40.6 Å². The number of hydrogen-bond acceptors (Lipinski definition) is 9. The van der Waals surface area contributed by atoms with Gasteiger partial charge in [-0.05, 0) is 19.3 Å². The van der Waals surface area contributed by atoms with E-state index in [1.54, 1.807) is 7.05 Å². The van der Waals surface area contributed by atoms with E-state index in [1.165, 1.54) is 25.7 Å². The first kappa shape index (κ1) is 13.5. The highest BCUT2D eigenvalue weighted by Gasteiger charge is 2.16. The molecule has 0 aliphatic carbocycles. The summed E-state index contributed by atoms with van der Waals surface area (Å²) in [6, 6.07) is 0. The smallest absolute Gasteiger partial charge is 0.231 e. The molecule has 9 nitrogen and oxygen atoms in total. The number of nitrogens with zero attached hydrogens (tertiary/aromatic N) is 6. The molecule has 9 heteroatoms. The minimum atomic E-state index is 0.406. The van der Waals surface area contributed by atoms with Crippen LogP contribution in [0.4, 0.5) is 17.8 Å². The molecule has 0 radical (unpaired) electrons. The molecule has 0 amide bonds. The van der Waals surface area contributed by atoms with E-state index < -0.39 is 0 Å². The van der Waals surface area contributed by atoms with Crippen LogP contribution in [0.25, 0.3) is 0 Å². The maximum Gasteiger partial charge on any atom is 0.231 e. The molecule has 21 heavy (non-hydrogen) atoms. The summed E-state index contributed by atoms with van der Waals surface area (Å²) < 4.78 is 4.69. The fraction of sp³-hybridized carbons (Fsp3) is 0.583. The lowest BCUT2D eigenvalue weighted by molar-refractivity contribution is 0.411. The molecular weight excluding hydrogens is 272 g/mol. The molecule has 0 unspecified atom stereocenters. The lowest BCUT2D eigenvalue weighted by Crippen LogP contribution is -2.31. The Morgan fingerprint density at radius 3 is 2.67 bits per heavy atom. The summed E-state index contributed by atoms with van der Waals surface area (Å²) in [7, 11) is 1.79. The Hall–Kier alpha value is -2.45. The molecule has 2 N–H and O–H groups in total. The average molecular weight is 290 g/mol. The molecular formula is C12H18N8O. The average Bonchev–Trinajstić information content (AvgIpc) is 3.07. The monoisotopic (exact) mass is 290 g/mol. The number of piperidine rings is 1. The van der Waals surface area contributed by atoms with Crippen molar-refractivity contribution in [3.05, 3.63) is 12.2 Å². The van der Waals surface area contributed by atoms with Crippen LogP contribution in [0.5, 0.6) is 0 Å². The summed E-state index contributed by atoms with van der Waals surface area (Å²) in [5.41, 5.74) is 0. The van der Waals surface area contributed by atoms with Gasteiger partial charge in [-0.1, -0.05) is 5.16 Å². The molecule has 1 aliphatic rings. The number of rotatable bonds is 5. The molecule has 1 aliphatic heterocycles. The lowest BCUT2D eigenvalue weighted by Gasteiger charge is -2.26. The zero-order valence-corrected chi connectivity index (χ0v) is 11.9. The van der Waals surface area contributed by atoms with Crippen LogP contribution < -0.4 is 15.5 Å². The van der Waals surface area contributed by atoms with E-state index in [4.69, 9.17) is 4.52 Å². The third-order valence-electron chi connectivity index (χ3n) is 3.30. The van der Waals surface area contributed by atoms with Gasteiger partial charge in [0.2, 0.25) is 24.2 Å². The molecule has 3 rings (SSSR count). The van der Waals surface area contributed by atoms with Crippen LogP contribution in [0.15, 0.2) is 10.9 Å². The first-order chi connectivity index (χ1) is 10.3. The van der Waals surface area contributed by atoms with Gasteiger partial charge in [-0.3, -0.25) is 0 Å². The van der Waals surface area contributed by atoms with Crippen LogP contribution in [0.2, 0.25) is 0 Å². The second-order valence-corrected chi connectivity index (χ2v) is 4.78. The molecule has 0 atom stereocenters. The van der Waals surface area contributed by atoms with Crippen molar-refractivity contribution < 1.29 is 4.52 Å². The van der Waals surface area contributed by atoms with Gasteiger partial charge in [0.15, 0.2) is 5.82 Å². The molecule has 0 bridgehead atoms. The molecule has 1 saturated heterocycles. The fourth-order valence-corrected chi connectivity index (χ4v) is 2.22. The van der Waals surface area contributed by atoms with Crippen LogP contribution in [-0.4, -0.2) is 45.2 Å². The van der Waals surface area contributed by atoms with Gasteiger partial charge in [0.05, 0.1) is 6.54 Å². The number of hydrogen-bond donors (Lipinski definition) is 2.